The minimum atomic E-state index is -3.68. The molecule has 0 aromatic heterocycles. The first-order valence-electron chi connectivity index (χ1n) is 6.76. The summed E-state index contributed by atoms with van der Waals surface area (Å²) in [4.78, 5) is 11.6. The number of carbonyl (C=O) groups excluding carboxylic acids is 1. The molecule has 2 aromatic rings. The molecule has 0 fully saturated rings. The highest BCUT2D eigenvalue weighted by Gasteiger charge is 2.18. The van der Waals surface area contributed by atoms with Gasteiger partial charge in [0.25, 0.3) is 0 Å². The predicted molar refractivity (Wildman–Crippen MR) is 88.0 cm³/mol. The monoisotopic (exact) mass is 353 g/mol. The van der Waals surface area contributed by atoms with Gasteiger partial charge in [0.05, 0.1) is 17.6 Å². The molecule has 0 atom stereocenters. The molecule has 0 amide bonds. The zero-order valence-electron chi connectivity index (χ0n) is 12.7. The molecule has 2 aromatic carbocycles. The van der Waals surface area contributed by atoms with Crippen LogP contribution in [0.1, 0.15) is 21.5 Å². The van der Waals surface area contributed by atoms with E-state index >= 15 is 0 Å². The van der Waals surface area contributed by atoms with E-state index in [0.717, 1.165) is 5.56 Å². The van der Waals surface area contributed by atoms with Crippen LogP contribution in [0, 0.1) is 6.92 Å². The Bertz CT molecular complexity index is 816. The Morgan fingerprint density at radius 3 is 2.39 bits per heavy atom. The average Bonchev–Trinajstić information content (AvgIpc) is 2.53. The summed E-state index contributed by atoms with van der Waals surface area (Å²) in [5.41, 5.74) is 1.57. The number of ether oxygens (including phenoxy) is 1. The molecule has 0 radical (unpaired) electrons. The van der Waals surface area contributed by atoms with Crippen molar-refractivity contribution in [2.45, 2.75) is 18.4 Å². The zero-order chi connectivity index (χ0) is 17.0. The minimum Gasteiger partial charge on any atom is -0.465 e. The summed E-state index contributed by atoms with van der Waals surface area (Å²) in [6.07, 6.45) is 0. The maximum atomic E-state index is 12.4. The lowest BCUT2D eigenvalue weighted by Crippen LogP contribution is -2.24. The van der Waals surface area contributed by atoms with Crippen LogP contribution in [0.15, 0.2) is 47.4 Å². The molecule has 0 spiro atoms. The number of nitrogens with one attached hydrogen (secondary N) is 1. The molecule has 0 unspecified atom stereocenters. The third-order valence-electron chi connectivity index (χ3n) is 3.27. The molecule has 0 aliphatic rings. The van der Waals surface area contributed by atoms with Gasteiger partial charge in [0.15, 0.2) is 0 Å². The first-order valence-corrected chi connectivity index (χ1v) is 8.62. The van der Waals surface area contributed by atoms with Crippen LogP contribution < -0.4 is 4.72 Å². The standard InChI is InChI=1S/C16H16ClNO4S/c1-11-9-13(16(19)22-2)5-8-15(11)23(20,21)18-10-12-3-6-14(17)7-4-12/h3-9,18H,10H2,1-2H3. The summed E-state index contributed by atoms with van der Waals surface area (Å²) in [6.45, 7) is 1.78. The number of sulfonamides is 1. The molecular formula is C16H16ClNO4S. The Morgan fingerprint density at radius 2 is 1.83 bits per heavy atom. The second kappa shape index (κ2) is 7.12. The average molecular weight is 354 g/mol. The molecule has 0 aliphatic heterocycles. The van der Waals surface area contributed by atoms with Crippen LogP contribution >= 0.6 is 11.6 Å². The molecule has 23 heavy (non-hydrogen) atoms. The lowest BCUT2D eigenvalue weighted by Gasteiger charge is -2.10. The lowest BCUT2D eigenvalue weighted by atomic mass is 10.1. The van der Waals surface area contributed by atoms with Crippen molar-refractivity contribution >= 4 is 27.6 Å². The van der Waals surface area contributed by atoms with Crippen molar-refractivity contribution in [2.75, 3.05) is 7.11 Å². The van der Waals surface area contributed by atoms with Gasteiger partial charge in [-0.1, -0.05) is 23.7 Å². The van der Waals surface area contributed by atoms with Gasteiger partial charge in [0.1, 0.15) is 0 Å². The molecule has 0 saturated carbocycles. The van der Waals surface area contributed by atoms with Crippen molar-refractivity contribution in [3.63, 3.8) is 0 Å². The number of methoxy groups -OCH3 is 1. The predicted octanol–water partition coefficient (Wildman–Crippen LogP) is 2.91. The van der Waals surface area contributed by atoms with Crippen LogP contribution in [0.5, 0.6) is 0 Å². The third kappa shape index (κ3) is 4.31. The van der Waals surface area contributed by atoms with Crippen molar-refractivity contribution in [3.05, 3.63) is 64.2 Å². The molecule has 7 heteroatoms. The van der Waals surface area contributed by atoms with Gasteiger partial charge in [0.2, 0.25) is 10.0 Å². The van der Waals surface area contributed by atoms with Crippen LogP contribution in [0.25, 0.3) is 0 Å². The molecule has 1 N–H and O–H groups in total. The van der Waals surface area contributed by atoms with Crippen molar-refractivity contribution < 1.29 is 17.9 Å². The third-order valence-corrected chi connectivity index (χ3v) is 5.08. The normalized spacial score (nSPS) is 11.3. The molecule has 0 heterocycles. The van der Waals surface area contributed by atoms with E-state index < -0.39 is 16.0 Å². The number of halogens is 1. The zero-order valence-corrected chi connectivity index (χ0v) is 14.2. The second-order valence-corrected chi connectivity index (χ2v) is 7.09. The van der Waals surface area contributed by atoms with Gasteiger partial charge in [-0.25, -0.2) is 17.9 Å². The maximum absolute atomic E-state index is 12.4. The molecular weight excluding hydrogens is 338 g/mol. The fourth-order valence-electron chi connectivity index (χ4n) is 2.05. The number of hydrogen-bond donors (Lipinski definition) is 1. The van der Waals surface area contributed by atoms with Gasteiger partial charge >= 0.3 is 5.97 Å². The molecule has 0 saturated heterocycles. The van der Waals surface area contributed by atoms with E-state index in [4.69, 9.17) is 11.6 Å². The smallest absolute Gasteiger partial charge is 0.337 e. The van der Waals surface area contributed by atoms with Crippen molar-refractivity contribution in [2.24, 2.45) is 0 Å². The Hall–Kier alpha value is -1.89. The summed E-state index contributed by atoms with van der Waals surface area (Å²) < 4.78 is 31.9. The minimum absolute atomic E-state index is 0.124. The largest absolute Gasteiger partial charge is 0.465 e. The Kier molecular flexibility index (Phi) is 5.41. The van der Waals surface area contributed by atoms with E-state index in [1.54, 1.807) is 31.2 Å². The number of carbonyl (C=O) groups is 1. The fraction of sp³-hybridized carbons (Fsp3) is 0.188. The number of hydrogen-bond acceptors (Lipinski definition) is 4. The molecule has 122 valence electrons. The lowest BCUT2D eigenvalue weighted by molar-refractivity contribution is 0.0600. The van der Waals surface area contributed by atoms with Crippen molar-refractivity contribution in [1.82, 2.24) is 4.72 Å². The SMILES string of the molecule is COC(=O)c1ccc(S(=O)(=O)NCc2ccc(Cl)cc2)c(C)c1. The molecule has 0 bridgehead atoms. The van der Waals surface area contributed by atoms with Gasteiger partial charge in [-0.2, -0.15) is 0 Å². The van der Waals surface area contributed by atoms with Crippen LogP contribution in [0.4, 0.5) is 0 Å². The van der Waals surface area contributed by atoms with Gasteiger partial charge < -0.3 is 4.74 Å². The second-order valence-electron chi connectivity index (χ2n) is 4.92. The van der Waals surface area contributed by atoms with Crippen LogP contribution in [-0.2, 0) is 21.3 Å². The first-order chi connectivity index (χ1) is 10.8. The van der Waals surface area contributed by atoms with Gasteiger partial charge in [-0.15, -0.1) is 0 Å². The summed E-state index contributed by atoms with van der Waals surface area (Å²) in [7, 11) is -2.41. The highest BCUT2D eigenvalue weighted by Crippen LogP contribution is 2.18. The van der Waals surface area contributed by atoms with Gasteiger partial charge in [0, 0.05) is 11.6 Å². The Morgan fingerprint density at radius 1 is 1.17 bits per heavy atom. The van der Waals surface area contributed by atoms with E-state index in [-0.39, 0.29) is 11.4 Å². The summed E-state index contributed by atoms with van der Waals surface area (Å²) >= 11 is 5.79. The summed E-state index contributed by atoms with van der Waals surface area (Å²) in [6, 6.07) is 11.2. The summed E-state index contributed by atoms with van der Waals surface area (Å²) in [5.74, 6) is -0.508. The number of esters is 1. The van der Waals surface area contributed by atoms with E-state index in [9.17, 15) is 13.2 Å². The Labute approximate surface area is 140 Å². The number of benzene rings is 2. The topological polar surface area (TPSA) is 72.5 Å². The Balaban J connectivity index is 2.19. The van der Waals surface area contributed by atoms with Gasteiger partial charge in [-0.3, -0.25) is 0 Å². The molecule has 5 nitrogen and oxygen atoms in total. The molecule has 0 aliphatic carbocycles. The van der Waals surface area contributed by atoms with Crippen LogP contribution in [0.3, 0.4) is 0 Å². The number of rotatable bonds is 5. The molecule has 2 rings (SSSR count). The quantitative estimate of drug-likeness (QED) is 0.839. The van der Waals surface area contributed by atoms with E-state index in [1.807, 2.05) is 0 Å². The van der Waals surface area contributed by atoms with Crippen molar-refractivity contribution in [3.8, 4) is 0 Å². The first kappa shape index (κ1) is 17.5. The highest BCUT2D eigenvalue weighted by molar-refractivity contribution is 7.89. The van der Waals surface area contributed by atoms with Crippen molar-refractivity contribution in [1.29, 1.82) is 0 Å². The number of aryl methyl sites for hydroxylation is 1. The van der Waals surface area contributed by atoms with E-state index in [2.05, 4.69) is 9.46 Å². The fourth-order valence-corrected chi connectivity index (χ4v) is 3.42. The summed E-state index contributed by atoms with van der Waals surface area (Å²) in [5, 5.41) is 0.589. The van der Waals surface area contributed by atoms with E-state index in [0.29, 0.717) is 16.1 Å². The van der Waals surface area contributed by atoms with Gasteiger partial charge in [-0.05, 0) is 48.4 Å². The maximum Gasteiger partial charge on any atom is 0.337 e. The highest BCUT2D eigenvalue weighted by atomic mass is 35.5. The van der Waals surface area contributed by atoms with Crippen LogP contribution in [-0.4, -0.2) is 21.5 Å². The van der Waals surface area contributed by atoms with Crippen LogP contribution in [0.2, 0.25) is 5.02 Å². The van der Waals surface area contributed by atoms with E-state index in [1.165, 1.54) is 25.3 Å².